The van der Waals surface area contributed by atoms with Crippen LogP contribution >= 0.6 is 24.8 Å². The Balaban J connectivity index is 0.00000200. The lowest BCUT2D eigenvalue weighted by Gasteiger charge is -2.34. The predicted octanol–water partition coefficient (Wildman–Crippen LogP) is 3.14. The highest BCUT2D eigenvalue weighted by Crippen LogP contribution is 2.30. The lowest BCUT2D eigenvalue weighted by atomic mass is 10.0. The number of benzene rings is 1. The highest BCUT2D eigenvalue weighted by molar-refractivity contribution is 5.85. The molecule has 0 saturated carbocycles. The first-order valence-electron chi connectivity index (χ1n) is 6.68. The summed E-state index contributed by atoms with van der Waals surface area (Å²) in [6.07, 6.45) is -2.39. The molecule has 0 amide bonds. The van der Waals surface area contributed by atoms with Gasteiger partial charge in [-0.1, -0.05) is 12.1 Å². The molecule has 1 heterocycles. The summed E-state index contributed by atoms with van der Waals surface area (Å²) in [4.78, 5) is 1.84. The number of nitrogens with zero attached hydrogens (tertiary/aromatic N) is 1. The van der Waals surface area contributed by atoms with Crippen LogP contribution < -0.4 is 10.1 Å². The summed E-state index contributed by atoms with van der Waals surface area (Å²) < 4.78 is 32.2. The minimum Gasteiger partial charge on any atom is -0.494 e. The third-order valence-corrected chi connectivity index (χ3v) is 3.29. The lowest BCUT2D eigenvalue weighted by molar-refractivity contribution is 0.0181. The Hall–Kier alpha value is -0.620. The van der Waals surface area contributed by atoms with E-state index in [0.29, 0.717) is 31.0 Å². The summed E-state index contributed by atoms with van der Waals surface area (Å²) in [5.41, 5.74) is 0.628. The maximum atomic E-state index is 13.4. The van der Waals surface area contributed by atoms with Crippen molar-refractivity contribution in [2.45, 2.75) is 19.4 Å². The fourth-order valence-corrected chi connectivity index (χ4v) is 2.43. The van der Waals surface area contributed by atoms with Crippen molar-refractivity contribution in [3.05, 3.63) is 29.8 Å². The van der Waals surface area contributed by atoms with Crippen molar-refractivity contribution in [2.75, 3.05) is 32.8 Å². The van der Waals surface area contributed by atoms with Crippen LogP contribution in [0.25, 0.3) is 0 Å². The minimum atomic E-state index is -2.39. The number of hydrogen-bond donors (Lipinski definition) is 1. The van der Waals surface area contributed by atoms with Crippen molar-refractivity contribution in [1.29, 1.82) is 0 Å². The van der Waals surface area contributed by atoms with Crippen LogP contribution in [0.4, 0.5) is 8.78 Å². The van der Waals surface area contributed by atoms with Crippen LogP contribution in [0.15, 0.2) is 24.3 Å². The van der Waals surface area contributed by atoms with Crippen LogP contribution in [0.2, 0.25) is 0 Å². The van der Waals surface area contributed by atoms with Crippen LogP contribution in [-0.2, 0) is 0 Å². The highest BCUT2D eigenvalue weighted by atomic mass is 35.5. The molecular weight excluding hydrogens is 321 g/mol. The van der Waals surface area contributed by atoms with Gasteiger partial charge in [-0.15, -0.1) is 24.8 Å². The van der Waals surface area contributed by atoms with E-state index in [4.69, 9.17) is 4.74 Å². The van der Waals surface area contributed by atoms with Crippen molar-refractivity contribution in [1.82, 2.24) is 10.2 Å². The first-order chi connectivity index (χ1) is 9.22. The normalized spacial score (nSPS) is 16.8. The van der Waals surface area contributed by atoms with Gasteiger partial charge in [0.05, 0.1) is 12.6 Å². The molecule has 1 saturated heterocycles. The van der Waals surface area contributed by atoms with Crippen molar-refractivity contribution >= 4 is 24.8 Å². The number of piperazine rings is 1. The molecule has 1 aromatic carbocycles. The van der Waals surface area contributed by atoms with Crippen molar-refractivity contribution in [3.8, 4) is 5.75 Å². The molecule has 1 aromatic rings. The highest BCUT2D eigenvalue weighted by Gasteiger charge is 2.30. The van der Waals surface area contributed by atoms with Gasteiger partial charge >= 0.3 is 0 Å². The van der Waals surface area contributed by atoms with Gasteiger partial charge in [-0.25, -0.2) is 8.78 Å². The van der Waals surface area contributed by atoms with E-state index in [1.165, 1.54) is 0 Å². The third kappa shape index (κ3) is 5.58. The van der Waals surface area contributed by atoms with E-state index in [-0.39, 0.29) is 24.8 Å². The Morgan fingerprint density at radius 1 is 1.24 bits per heavy atom. The lowest BCUT2D eigenvalue weighted by Crippen LogP contribution is -2.46. The van der Waals surface area contributed by atoms with Crippen LogP contribution in [-0.4, -0.2) is 44.1 Å². The second kappa shape index (κ2) is 10.2. The molecule has 0 radical (unpaired) electrons. The number of halogens is 4. The summed E-state index contributed by atoms with van der Waals surface area (Å²) in [6.45, 7) is 5.23. The van der Waals surface area contributed by atoms with Gasteiger partial charge in [0.15, 0.2) is 0 Å². The molecule has 1 N–H and O–H groups in total. The van der Waals surface area contributed by atoms with Gasteiger partial charge in [-0.3, -0.25) is 4.90 Å². The Morgan fingerprint density at radius 3 is 2.48 bits per heavy atom. The summed E-state index contributed by atoms with van der Waals surface area (Å²) in [6, 6.07) is 6.21. The molecule has 122 valence electrons. The molecule has 2 rings (SSSR count). The van der Waals surface area contributed by atoms with E-state index >= 15 is 0 Å². The van der Waals surface area contributed by atoms with Gasteiger partial charge in [-0.2, -0.15) is 0 Å². The first-order valence-corrected chi connectivity index (χ1v) is 6.68. The van der Waals surface area contributed by atoms with Gasteiger partial charge in [0.1, 0.15) is 5.75 Å². The van der Waals surface area contributed by atoms with E-state index in [1.54, 1.807) is 24.3 Å². The fourth-order valence-electron chi connectivity index (χ4n) is 2.43. The van der Waals surface area contributed by atoms with E-state index in [1.807, 2.05) is 11.8 Å². The zero-order valence-electron chi connectivity index (χ0n) is 11.9. The van der Waals surface area contributed by atoms with Crippen molar-refractivity contribution < 1.29 is 13.5 Å². The maximum absolute atomic E-state index is 13.4. The Labute approximate surface area is 136 Å². The average molecular weight is 343 g/mol. The van der Waals surface area contributed by atoms with Gasteiger partial charge < -0.3 is 10.1 Å². The SMILES string of the molecule is CCOc1cccc([C@H](C(F)F)N2CCNCC2)c1.Cl.Cl. The number of nitrogens with one attached hydrogen (secondary N) is 1. The van der Waals surface area contributed by atoms with Crippen LogP contribution in [0, 0.1) is 0 Å². The monoisotopic (exact) mass is 342 g/mol. The molecule has 1 atom stereocenters. The van der Waals surface area contributed by atoms with Gasteiger partial charge in [0.25, 0.3) is 6.43 Å². The smallest absolute Gasteiger partial charge is 0.258 e. The average Bonchev–Trinajstić information content (AvgIpc) is 2.40. The van der Waals surface area contributed by atoms with Gasteiger partial charge in [0, 0.05) is 26.2 Å². The summed E-state index contributed by atoms with van der Waals surface area (Å²) in [7, 11) is 0. The quantitative estimate of drug-likeness (QED) is 0.889. The summed E-state index contributed by atoms with van der Waals surface area (Å²) in [5.74, 6) is 0.654. The minimum absolute atomic E-state index is 0. The van der Waals surface area contributed by atoms with Crippen LogP contribution in [0.3, 0.4) is 0 Å². The topological polar surface area (TPSA) is 24.5 Å². The van der Waals surface area contributed by atoms with Gasteiger partial charge in [-0.05, 0) is 24.6 Å². The molecule has 0 aromatic heterocycles. The molecule has 0 unspecified atom stereocenters. The molecule has 1 fully saturated rings. The number of ether oxygens (including phenoxy) is 1. The Kier molecular flexibility index (Phi) is 9.86. The molecular formula is C14H22Cl2F2N2O. The number of alkyl halides is 2. The number of hydrogen-bond acceptors (Lipinski definition) is 3. The molecule has 0 spiro atoms. The second-order valence-corrected chi connectivity index (χ2v) is 4.57. The molecule has 3 nitrogen and oxygen atoms in total. The van der Waals surface area contributed by atoms with E-state index in [0.717, 1.165) is 13.1 Å². The zero-order chi connectivity index (χ0) is 13.7. The maximum Gasteiger partial charge on any atom is 0.258 e. The van der Waals surface area contributed by atoms with Gasteiger partial charge in [0.2, 0.25) is 0 Å². The fraction of sp³-hybridized carbons (Fsp3) is 0.571. The zero-order valence-corrected chi connectivity index (χ0v) is 13.6. The van der Waals surface area contributed by atoms with Crippen LogP contribution in [0.1, 0.15) is 18.5 Å². The molecule has 0 aliphatic carbocycles. The first kappa shape index (κ1) is 20.4. The molecule has 1 aliphatic rings. The third-order valence-electron chi connectivity index (χ3n) is 3.29. The van der Waals surface area contributed by atoms with Crippen LogP contribution in [0.5, 0.6) is 5.75 Å². The van der Waals surface area contributed by atoms with Crippen molar-refractivity contribution in [2.24, 2.45) is 0 Å². The Bertz CT molecular complexity index is 404. The predicted molar refractivity (Wildman–Crippen MR) is 85.3 cm³/mol. The standard InChI is InChI=1S/C14H20F2N2O.2ClH/c1-2-19-12-5-3-4-11(10-12)13(14(15)16)18-8-6-17-7-9-18;;/h3-5,10,13-14,17H,2,6-9H2,1H3;2*1H/t13-;;/m1../s1. The number of rotatable bonds is 5. The largest absolute Gasteiger partial charge is 0.494 e. The Morgan fingerprint density at radius 2 is 1.90 bits per heavy atom. The van der Waals surface area contributed by atoms with E-state index in [2.05, 4.69) is 5.32 Å². The molecule has 21 heavy (non-hydrogen) atoms. The summed E-state index contributed by atoms with van der Waals surface area (Å²) >= 11 is 0. The van der Waals surface area contributed by atoms with Crippen molar-refractivity contribution in [3.63, 3.8) is 0 Å². The molecule has 0 bridgehead atoms. The molecule has 7 heteroatoms. The molecule has 1 aliphatic heterocycles. The summed E-state index contributed by atoms with van der Waals surface area (Å²) in [5, 5.41) is 3.18. The second-order valence-electron chi connectivity index (χ2n) is 4.57. The van der Waals surface area contributed by atoms with E-state index < -0.39 is 12.5 Å². The van der Waals surface area contributed by atoms with E-state index in [9.17, 15) is 8.78 Å².